The van der Waals surface area contributed by atoms with Crippen LogP contribution in [0.2, 0.25) is 0 Å². The van der Waals surface area contributed by atoms with Crippen molar-refractivity contribution in [3.8, 4) is 0 Å². The molecule has 5 nitrogen and oxygen atoms in total. The number of pyridine rings is 1. The molecule has 0 saturated carbocycles. The van der Waals surface area contributed by atoms with Gasteiger partial charge in [-0.2, -0.15) is 0 Å². The van der Waals surface area contributed by atoms with Crippen molar-refractivity contribution in [2.45, 2.75) is 51.7 Å². The summed E-state index contributed by atoms with van der Waals surface area (Å²) in [5, 5.41) is 2.78. The van der Waals surface area contributed by atoms with Gasteiger partial charge in [0.1, 0.15) is 5.82 Å². The van der Waals surface area contributed by atoms with E-state index >= 15 is 0 Å². The molecule has 0 spiro atoms. The largest absolute Gasteiger partial charge is 0.496 e. The number of nitrogens with one attached hydrogen (secondary N) is 1. The van der Waals surface area contributed by atoms with E-state index in [0.29, 0.717) is 18.7 Å². The van der Waals surface area contributed by atoms with Gasteiger partial charge in [-0.1, -0.05) is 6.07 Å². The predicted molar refractivity (Wildman–Crippen MR) is 76.9 cm³/mol. The number of hydrogen-bond acceptors (Lipinski definition) is 4. The molecule has 1 N–H and O–H groups in total. The van der Waals surface area contributed by atoms with E-state index in [4.69, 9.17) is 9.31 Å². The van der Waals surface area contributed by atoms with Gasteiger partial charge < -0.3 is 14.6 Å². The predicted octanol–water partition coefficient (Wildman–Crippen LogP) is 1.27. The van der Waals surface area contributed by atoms with Gasteiger partial charge in [0.25, 0.3) is 0 Å². The van der Waals surface area contributed by atoms with Gasteiger partial charge in [0.05, 0.1) is 11.2 Å². The highest BCUT2D eigenvalue weighted by Crippen LogP contribution is 2.36. The van der Waals surface area contributed by atoms with Gasteiger partial charge in [0.2, 0.25) is 5.91 Å². The van der Waals surface area contributed by atoms with E-state index in [2.05, 4.69) is 10.3 Å². The molecule has 0 radical (unpaired) electrons. The fraction of sp³-hybridized carbons (Fsp3) is 0.571. The Labute approximate surface area is 119 Å². The number of anilines is 1. The van der Waals surface area contributed by atoms with Crippen molar-refractivity contribution in [1.29, 1.82) is 0 Å². The maximum atomic E-state index is 11.3. The SMILES string of the molecule is CC1(C)OB(c2cnc3c(c2)CCC(=O)N3)OC1(C)C. The quantitative estimate of drug-likeness (QED) is 0.783. The summed E-state index contributed by atoms with van der Waals surface area (Å²) in [6.45, 7) is 8.11. The van der Waals surface area contributed by atoms with Crippen molar-refractivity contribution in [1.82, 2.24) is 4.98 Å². The lowest BCUT2D eigenvalue weighted by Crippen LogP contribution is -2.41. The molecule has 0 atom stereocenters. The number of hydrogen-bond donors (Lipinski definition) is 1. The first kappa shape index (κ1) is 13.6. The van der Waals surface area contributed by atoms with Crippen LogP contribution in [0.4, 0.5) is 5.82 Å². The van der Waals surface area contributed by atoms with E-state index in [1.54, 1.807) is 6.20 Å². The summed E-state index contributed by atoms with van der Waals surface area (Å²) in [7, 11) is -0.407. The second kappa shape index (κ2) is 4.30. The van der Waals surface area contributed by atoms with Gasteiger partial charge in [-0.05, 0) is 39.7 Å². The zero-order chi connectivity index (χ0) is 14.5. The molecule has 20 heavy (non-hydrogen) atoms. The number of aryl methyl sites for hydroxylation is 1. The summed E-state index contributed by atoms with van der Waals surface area (Å²) < 4.78 is 12.0. The molecule has 106 valence electrons. The van der Waals surface area contributed by atoms with E-state index in [-0.39, 0.29) is 17.1 Å². The average Bonchev–Trinajstić information content (AvgIpc) is 2.58. The van der Waals surface area contributed by atoms with Crippen molar-refractivity contribution in [2.75, 3.05) is 5.32 Å². The zero-order valence-corrected chi connectivity index (χ0v) is 12.3. The van der Waals surface area contributed by atoms with Crippen LogP contribution in [0, 0.1) is 0 Å². The van der Waals surface area contributed by atoms with Crippen LogP contribution in [0.1, 0.15) is 39.7 Å². The van der Waals surface area contributed by atoms with Crippen molar-refractivity contribution in [2.24, 2.45) is 0 Å². The molecule has 3 heterocycles. The fourth-order valence-electron chi connectivity index (χ4n) is 2.38. The Morgan fingerprint density at radius 2 is 1.85 bits per heavy atom. The third kappa shape index (κ3) is 2.13. The molecule has 6 heteroatoms. The standard InChI is InChI=1S/C14H19BN2O3/c1-13(2)14(3,4)20-15(19-13)10-7-9-5-6-11(18)17-12(9)16-8-10/h7-8H,5-6H2,1-4H3,(H,16,17,18). The average molecular weight is 274 g/mol. The number of carbonyl (C=O) groups is 1. The topological polar surface area (TPSA) is 60.5 Å². The molecule has 0 bridgehead atoms. The molecule has 1 aromatic heterocycles. The second-order valence-corrected chi connectivity index (χ2v) is 6.41. The minimum Gasteiger partial charge on any atom is -0.399 e. The smallest absolute Gasteiger partial charge is 0.399 e. The molecule has 2 aliphatic rings. The first-order valence-corrected chi connectivity index (χ1v) is 6.93. The van der Waals surface area contributed by atoms with Gasteiger partial charge in [-0.25, -0.2) is 4.98 Å². The normalized spacial score (nSPS) is 23.4. The van der Waals surface area contributed by atoms with Crippen molar-refractivity contribution in [3.63, 3.8) is 0 Å². The summed E-state index contributed by atoms with van der Waals surface area (Å²) in [5.41, 5.74) is 1.22. The summed E-state index contributed by atoms with van der Waals surface area (Å²) in [6.07, 6.45) is 2.93. The Hall–Kier alpha value is -1.40. The first-order chi connectivity index (χ1) is 9.28. The maximum absolute atomic E-state index is 11.3. The molecule has 1 fully saturated rings. The van der Waals surface area contributed by atoms with E-state index in [9.17, 15) is 4.79 Å². The highest BCUT2D eigenvalue weighted by atomic mass is 16.7. The lowest BCUT2D eigenvalue weighted by atomic mass is 9.79. The lowest BCUT2D eigenvalue weighted by Gasteiger charge is -2.32. The first-order valence-electron chi connectivity index (χ1n) is 6.93. The second-order valence-electron chi connectivity index (χ2n) is 6.41. The van der Waals surface area contributed by atoms with Crippen LogP contribution >= 0.6 is 0 Å². The third-order valence-electron chi connectivity index (χ3n) is 4.39. The molecule has 1 saturated heterocycles. The number of carbonyl (C=O) groups excluding carboxylic acids is 1. The van der Waals surface area contributed by atoms with Crippen molar-refractivity contribution < 1.29 is 14.1 Å². The van der Waals surface area contributed by atoms with Crippen LogP contribution in [0.5, 0.6) is 0 Å². The number of amides is 1. The zero-order valence-electron chi connectivity index (χ0n) is 12.3. The van der Waals surface area contributed by atoms with Crippen molar-refractivity contribution in [3.05, 3.63) is 17.8 Å². The van der Waals surface area contributed by atoms with Gasteiger partial charge in [-0.3, -0.25) is 4.79 Å². The lowest BCUT2D eigenvalue weighted by molar-refractivity contribution is -0.116. The molecular formula is C14H19BN2O3. The van der Waals surface area contributed by atoms with E-state index in [1.165, 1.54) is 0 Å². The third-order valence-corrected chi connectivity index (χ3v) is 4.39. The monoisotopic (exact) mass is 274 g/mol. The van der Waals surface area contributed by atoms with Crippen molar-refractivity contribution >= 4 is 24.3 Å². The molecule has 2 aliphatic heterocycles. The molecular weight excluding hydrogens is 255 g/mol. The number of fused-ring (bicyclic) bond motifs is 1. The van der Waals surface area contributed by atoms with Crippen LogP contribution in [-0.4, -0.2) is 29.2 Å². The Kier molecular flexibility index (Phi) is 2.92. The van der Waals surface area contributed by atoms with Gasteiger partial charge in [0, 0.05) is 18.1 Å². The Bertz CT molecular complexity index is 556. The molecule has 0 aromatic carbocycles. The summed E-state index contributed by atoms with van der Waals surface area (Å²) in [5.74, 6) is 0.676. The van der Waals surface area contributed by atoms with Crippen LogP contribution in [-0.2, 0) is 20.5 Å². The fourth-order valence-corrected chi connectivity index (χ4v) is 2.38. The highest BCUT2D eigenvalue weighted by Gasteiger charge is 2.51. The van der Waals surface area contributed by atoms with Crippen LogP contribution in [0.3, 0.4) is 0 Å². The molecule has 0 unspecified atom stereocenters. The minimum atomic E-state index is -0.407. The van der Waals surface area contributed by atoms with Crippen LogP contribution in [0.15, 0.2) is 12.3 Å². The Balaban J connectivity index is 1.88. The molecule has 0 aliphatic carbocycles. The van der Waals surface area contributed by atoms with Crippen LogP contribution < -0.4 is 10.8 Å². The van der Waals surface area contributed by atoms with Gasteiger partial charge in [0.15, 0.2) is 0 Å². The molecule has 1 amide bonds. The Morgan fingerprint density at radius 3 is 2.50 bits per heavy atom. The van der Waals surface area contributed by atoms with E-state index in [0.717, 1.165) is 11.0 Å². The minimum absolute atomic E-state index is 0.0217. The Morgan fingerprint density at radius 1 is 1.20 bits per heavy atom. The summed E-state index contributed by atoms with van der Waals surface area (Å²) in [6, 6.07) is 2.02. The van der Waals surface area contributed by atoms with Gasteiger partial charge >= 0.3 is 7.12 Å². The number of rotatable bonds is 1. The molecule has 1 aromatic rings. The number of nitrogens with zero attached hydrogens (tertiary/aromatic N) is 1. The summed E-state index contributed by atoms with van der Waals surface area (Å²) >= 11 is 0. The van der Waals surface area contributed by atoms with E-state index in [1.807, 2.05) is 33.8 Å². The number of aromatic nitrogens is 1. The highest BCUT2D eigenvalue weighted by molar-refractivity contribution is 6.62. The van der Waals surface area contributed by atoms with E-state index < -0.39 is 7.12 Å². The molecule has 3 rings (SSSR count). The maximum Gasteiger partial charge on any atom is 0.496 e. The van der Waals surface area contributed by atoms with Gasteiger partial charge in [-0.15, -0.1) is 0 Å². The summed E-state index contributed by atoms with van der Waals surface area (Å²) in [4.78, 5) is 15.7. The van der Waals surface area contributed by atoms with Crippen LogP contribution in [0.25, 0.3) is 0 Å².